The first kappa shape index (κ1) is 17.2. The van der Waals surface area contributed by atoms with Crippen molar-refractivity contribution in [1.82, 2.24) is 0 Å². The van der Waals surface area contributed by atoms with E-state index >= 15 is 0 Å². The van der Waals surface area contributed by atoms with Gasteiger partial charge in [0, 0.05) is 12.8 Å². The summed E-state index contributed by atoms with van der Waals surface area (Å²) in [5.74, 6) is -0.629. The Morgan fingerprint density at radius 1 is 1.22 bits per heavy atom. The van der Waals surface area contributed by atoms with Gasteiger partial charge in [-0.3, -0.25) is 14.1 Å². The molecular weight excluding hydrogens is 263 g/mol. The van der Waals surface area contributed by atoms with Crippen LogP contribution in [0.1, 0.15) is 33.6 Å². The smallest absolute Gasteiger partial charge is 0.465 e. The van der Waals surface area contributed by atoms with E-state index in [0.717, 1.165) is 0 Å². The zero-order chi connectivity index (χ0) is 14.4. The highest BCUT2D eigenvalue weighted by Gasteiger charge is 2.30. The van der Waals surface area contributed by atoms with E-state index in [4.69, 9.17) is 14.5 Å². The molecule has 0 heterocycles. The topological polar surface area (TPSA) is 110 Å². The summed E-state index contributed by atoms with van der Waals surface area (Å²) in [6.45, 7) is 4.37. The Bertz CT molecular complexity index is 344. The van der Waals surface area contributed by atoms with Crippen LogP contribution in [0.3, 0.4) is 0 Å². The lowest BCUT2D eigenvalue weighted by Crippen LogP contribution is -2.29. The summed E-state index contributed by atoms with van der Waals surface area (Å²) >= 11 is 0. The van der Waals surface area contributed by atoms with Crippen LogP contribution in [0.5, 0.6) is 0 Å². The van der Waals surface area contributed by atoms with Crippen molar-refractivity contribution in [1.29, 1.82) is 0 Å². The molecule has 0 aliphatic heterocycles. The molecule has 0 atom stereocenters. The average molecular weight is 282 g/mol. The Kier molecular flexibility index (Phi) is 6.70. The lowest BCUT2D eigenvalue weighted by Gasteiger charge is -2.20. The summed E-state index contributed by atoms with van der Waals surface area (Å²) in [5.41, 5.74) is -0.893. The molecule has 0 unspecified atom stereocenters. The van der Waals surface area contributed by atoms with E-state index < -0.39 is 19.2 Å². The first-order chi connectivity index (χ1) is 8.04. The largest absolute Gasteiger partial charge is 0.469 e. The highest BCUT2D eigenvalue weighted by atomic mass is 31.2. The average Bonchev–Trinajstić information content (AvgIpc) is 2.12. The molecule has 0 saturated carbocycles. The van der Waals surface area contributed by atoms with Gasteiger partial charge in [-0.05, 0) is 20.8 Å². The van der Waals surface area contributed by atoms with Crippen LogP contribution in [0.4, 0.5) is 0 Å². The third kappa shape index (κ3) is 8.36. The van der Waals surface area contributed by atoms with Crippen LogP contribution in [0.2, 0.25) is 0 Å². The number of hydrogen-bond donors (Lipinski definition) is 2. The zero-order valence-corrected chi connectivity index (χ0v) is 11.6. The number of ether oxygens (including phenoxy) is 1. The number of carbonyl (C=O) groups excluding carboxylic acids is 2. The van der Waals surface area contributed by atoms with Gasteiger partial charge in [0.1, 0.15) is 5.78 Å². The van der Waals surface area contributed by atoms with Crippen molar-refractivity contribution in [2.45, 2.75) is 33.6 Å². The molecule has 0 bridgehead atoms. The van der Waals surface area contributed by atoms with E-state index in [0.29, 0.717) is 0 Å². The Hall–Kier alpha value is -0.750. The molecular formula is C10H19O7P. The summed E-state index contributed by atoms with van der Waals surface area (Å²) < 4.78 is 19.4. The number of Topliss-reactive ketones (excluding diaryl/α,β-unsaturated/α-hetero) is 1. The molecule has 18 heavy (non-hydrogen) atoms. The first-order valence-corrected chi connectivity index (χ1v) is 6.94. The van der Waals surface area contributed by atoms with E-state index in [1.807, 2.05) is 0 Å². The number of carbonyl (C=O) groups is 2. The molecule has 0 aromatic carbocycles. The zero-order valence-electron chi connectivity index (χ0n) is 10.7. The highest BCUT2D eigenvalue weighted by molar-refractivity contribution is 7.46. The molecule has 0 saturated heterocycles. The van der Waals surface area contributed by atoms with E-state index in [-0.39, 0.29) is 31.8 Å². The maximum absolute atomic E-state index is 11.6. The van der Waals surface area contributed by atoms with Crippen molar-refractivity contribution < 1.29 is 33.2 Å². The monoisotopic (exact) mass is 282 g/mol. The van der Waals surface area contributed by atoms with Gasteiger partial charge in [0.15, 0.2) is 0 Å². The Morgan fingerprint density at radius 3 is 2.22 bits per heavy atom. The predicted molar refractivity (Wildman–Crippen MR) is 62.7 cm³/mol. The minimum Gasteiger partial charge on any atom is -0.465 e. The van der Waals surface area contributed by atoms with Crippen molar-refractivity contribution in [3.8, 4) is 0 Å². The van der Waals surface area contributed by atoms with Crippen molar-refractivity contribution in [3.05, 3.63) is 0 Å². The molecule has 8 heteroatoms. The molecule has 0 amide bonds. The minimum absolute atomic E-state index is 0.0137. The minimum atomic E-state index is -4.47. The molecule has 0 fully saturated rings. The van der Waals surface area contributed by atoms with E-state index in [2.05, 4.69) is 4.52 Å². The molecule has 0 radical (unpaired) electrons. The van der Waals surface area contributed by atoms with Crippen molar-refractivity contribution in [2.75, 3.05) is 13.2 Å². The molecule has 0 aliphatic carbocycles. The first-order valence-electron chi connectivity index (χ1n) is 5.41. The van der Waals surface area contributed by atoms with Crippen LogP contribution in [-0.2, 0) is 23.4 Å². The molecule has 2 N–H and O–H groups in total. The second kappa shape index (κ2) is 6.99. The van der Waals surface area contributed by atoms with E-state index in [1.165, 1.54) is 6.92 Å². The normalized spacial score (nSPS) is 12.3. The molecule has 0 aromatic heterocycles. The summed E-state index contributed by atoms with van der Waals surface area (Å²) in [7, 11) is -4.47. The fraction of sp³-hybridized carbons (Fsp3) is 0.800. The number of phosphoric acid groups is 1. The summed E-state index contributed by atoms with van der Waals surface area (Å²) in [4.78, 5) is 39.3. The Labute approximate surface area is 106 Å². The number of phosphoric ester groups is 1. The van der Waals surface area contributed by atoms with Crippen molar-refractivity contribution in [3.63, 3.8) is 0 Å². The molecule has 0 spiro atoms. The molecule has 0 rings (SSSR count). The third-order valence-electron chi connectivity index (χ3n) is 2.02. The van der Waals surface area contributed by atoms with Gasteiger partial charge in [0.25, 0.3) is 0 Å². The fourth-order valence-corrected chi connectivity index (χ4v) is 1.66. The van der Waals surface area contributed by atoms with E-state index in [9.17, 15) is 14.2 Å². The van der Waals surface area contributed by atoms with Crippen molar-refractivity contribution >= 4 is 19.6 Å². The van der Waals surface area contributed by atoms with Gasteiger partial charge in [-0.25, -0.2) is 4.57 Å². The number of hydrogen-bond acceptors (Lipinski definition) is 5. The third-order valence-corrected chi connectivity index (χ3v) is 2.54. The van der Waals surface area contributed by atoms with Gasteiger partial charge in [-0.15, -0.1) is 0 Å². The summed E-state index contributed by atoms with van der Waals surface area (Å²) in [6, 6.07) is 0. The molecule has 0 aliphatic rings. The molecule has 7 nitrogen and oxygen atoms in total. The van der Waals surface area contributed by atoms with Crippen molar-refractivity contribution in [2.24, 2.45) is 5.41 Å². The second-order valence-corrected chi connectivity index (χ2v) is 5.82. The SMILES string of the molecule is CC(=O)CC(C)(C)C(=O)OCCCOP(=O)(O)O. The Balaban J connectivity index is 3.90. The van der Waals surface area contributed by atoms with Crippen LogP contribution in [0.15, 0.2) is 0 Å². The Morgan fingerprint density at radius 2 is 1.78 bits per heavy atom. The predicted octanol–water partition coefficient (Wildman–Crippen LogP) is 1.03. The van der Waals surface area contributed by atoms with Gasteiger partial charge < -0.3 is 14.5 Å². The molecule has 0 aromatic rings. The van der Waals surface area contributed by atoms with Crippen LogP contribution in [-0.4, -0.2) is 34.8 Å². The lowest BCUT2D eigenvalue weighted by molar-refractivity contribution is -0.155. The number of rotatable bonds is 8. The van der Waals surface area contributed by atoms with Gasteiger partial charge >= 0.3 is 13.8 Å². The van der Waals surface area contributed by atoms with Crippen LogP contribution < -0.4 is 0 Å². The summed E-state index contributed by atoms with van der Waals surface area (Å²) in [5, 5.41) is 0. The maximum atomic E-state index is 11.6. The standard InChI is InChI=1S/C10H19O7P/c1-8(11)7-10(2,3)9(12)16-5-4-6-17-18(13,14)15/h4-7H2,1-3H3,(H2,13,14,15). The van der Waals surface area contributed by atoms with Gasteiger partial charge in [0.2, 0.25) is 0 Å². The second-order valence-electron chi connectivity index (χ2n) is 4.58. The van der Waals surface area contributed by atoms with Crippen LogP contribution in [0, 0.1) is 5.41 Å². The van der Waals surface area contributed by atoms with Crippen LogP contribution >= 0.6 is 7.82 Å². The van der Waals surface area contributed by atoms with Crippen LogP contribution in [0.25, 0.3) is 0 Å². The maximum Gasteiger partial charge on any atom is 0.469 e. The van der Waals surface area contributed by atoms with Gasteiger partial charge in [-0.1, -0.05) is 0 Å². The molecule has 106 valence electrons. The number of ketones is 1. The quantitative estimate of drug-likeness (QED) is 0.388. The van der Waals surface area contributed by atoms with Gasteiger partial charge in [-0.2, -0.15) is 0 Å². The highest BCUT2D eigenvalue weighted by Crippen LogP contribution is 2.35. The fourth-order valence-electron chi connectivity index (χ4n) is 1.30. The lowest BCUT2D eigenvalue weighted by atomic mass is 9.88. The van der Waals surface area contributed by atoms with Gasteiger partial charge in [0.05, 0.1) is 18.6 Å². The van der Waals surface area contributed by atoms with E-state index in [1.54, 1.807) is 13.8 Å². The number of esters is 1. The summed E-state index contributed by atoms with van der Waals surface area (Å²) in [6.07, 6.45) is 0.262.